The van der Waals surface area contributed by atoms with Crippen molar-refractivity contribution < 1.29 is 29.0 Å². The molecule has 8 heteroatoms. The van der Waals surface area contributed by atoms with Crippen LogP contribution in [0, 0.1) is 5.92 Å². The van der Waals surface area contributed by atoms with Crippen LogP contribution in [0.5, 0.6) is 0 Å². The van der Waals surface area contributed by atoms with Gasteiger partial charge in [0.2, 0.25) is 0 Å². The number of carbonyl (C=O) groups is 3. The summed E-state index contributed by atoms with van der Waals surface area (Å²) in [5.41, 5.74) is 3.40. The lowest BCUT2D eigenvalue weighted by atomic mass is 9.90. The van der Waals surface area contributed by atoms with Crippen molar-refractivity contribution in [2.24, 2.45) is 5.92 Å². The summed E-state index contributed by atoms with van der Waals surface area (Å²) in [5.74, 6) is -0.986. The van der Waals surface area contributed by atoms with Gasteiger partial charge in [-0.2, -0.15) is 0 Å². The SMILES string of the molecule is O=C(O)CC1CCN(C(=O)C2(NC(=O)OCC3c4ccccc4-c4ccccc43)CCOC2)CC1. The monoisotopic (exact) mass is 478 g/mol. The van der Waals surface area contributed by atoms with Gasteiger partial charge in [0.15, 0.2) is 0 Å². The molecule has 8 nitrogen and oxygen atoms in total. The van der Waals surface area contributed by atoms with Gasteiger partial charge >= 0.3 is 12.1 Å². The van der Waals surface area contributed by atoms with Crippen molar-refractivity contribution in [2.75, 3.05) is 32.9 Å². The lowest BCUT2D eigenvalue weighted by molar-refractivity contribution is -0.141. The second kappa shape index (κ2) is 9.70. The molecule has 2 saturated heterocycles. The summed E-state index contributed by atoms with van der Waals surface area (Å²) in [6.45, 7) is 1.61. The van der Waals surface area contributed by atoms with Crippen molar-refractivity contribution >= 4 is 18.0 Å². The lowest BCUT2D eigenvalue weighted by Gasteiger charge is -2.37. The molecule has 2 N–H and O–H groups in total. The van der Waals surface area contributed by atoms with Gasteiger partial charge in [-0.05, 0) is 41.0 Å². The molecule has 1 aliphatic carbocycles. The third-order valence-corrected chi connectivity index (χ3v) is 7.48. The molecule has 184 valence electrons. The standard InChI is InChI=1S/C27H30N2O6/c30-24(31)15-18-9-12-29(13-10-18)25(32)27(11-14-34-17-27)28-26(33)35-16-23-21-7-3-1-5-19(21)20-6-2-4-8-22(20)23/h1-8,18,23H,9-17H2,(H,28,33)(H,30,31). The van der Waals surface area contributed by atoms with Gasteiger partial charge in [0.25, 0.3) is 5.91 Å². The zero-order valence-electron chi connectivity index (χ0n) is 19.6. The molecule has 0 spiro atoms. The Hall–Kier alpha value is -3.39. The van der Waals surface area contributed by atoms with Gasteiger partial charge in [-0.25, -0.2) is 4.79 Å². The van der Waals surface area contributed by atoms with E-state index < -0.39 is 17.6 Å². The summed E-state index contributed by atoms with van der Waals surface area (Å²) in [6.07, 6.45) is 1.14. The normalized spacial score (nSPS) is 21.9. The highest BCUT2D eigenvalue weighted by molar-refractivity contribution is 5.90. The summed E-state index contributed by atoms with van der Waals surface area (Å²) >= 11 is 0. The maximum Gasteiger partial charge on any atom is 0.408 e. The number of likely N-dealkylation sites (tertiary alicyclic amines) is 1. The third kappa shape index (κ3) is 4.62. The number of aliphatic carboxylic acids is 1. The van der Waals surface area contributed by atoms with Gasteiger partial charge in [0, 0.05) is 38.5 Å². The minimum atomic E-state index is -1.15. The third-order valence-electron chi connectivity index (χ3n) is 7.48. The minimum Gasteiger partial charge on any atom is -0.481 e. The smallest absolute Gasteiger partial charge is 0.408 e. The van der Waals surface area contributed by atoms with Gasteiger partial charge in [-0.1, -0.05) is 48.5 Å². The van der Waals surface area contributed by atoms with E-state index in [1.807, 2.05) is 24.3 Å². The van der Waals surface area contributed by atoms with Gasteiger partial charge in [0.1, 0.15) is 12.1 Å². The molecule has 3 aliphatic rings. The average Bonchev–Trinajstić information content (AvgIpc) is 3.46. The fraction of sp³-hybridized carbons (Fsp3) is 0.444. The summed E-state index contributed by atoms with van der Waals surface area (Å²) in [6, 6.07) is 16.3. The first-order valence-corrected chi connectivity index (χ1v) is 12.2. The van der Waals surface area contributed by atoms with Crippen LogP contribution in [0.25, 0.3) is 11.1 Å². The van der Waals surface area contributed by atoms with Crippen molar-refractivity contribution in [3.63, 3.8) is 0 Å². The predicted octanol–water partition coefficient (Wildman–Crippen LogP) is 3.40. The van der Waals surface area contributed by atoms with Crippen LogP contribution in [0.3, 0.4) is 0 Å². The largest absolute Gasteiger partial charge is 0.481 e. The van der Waals surface area contributed by atoms with Crippen LogP contribution in [-0.2, 0) is 19.1 Å². The summed E-state index contributed by atoms with van der Waals surface area (Å²) < 4.78 is 11.2. The highest BCUT2D eigenvalue weighted by atomic mass is 16.6. The maximum absolute atomic E-state index is 13.4. The van der Waals surface area contributed by atoms with Crippen LogP contribution in [-0.4, -0.2) is 66.4 Å². The molecule has 0 aromatic heterocycles. The molecule has 0 saturated carbocycles. The molecular weight excluding hydrogens is 448 g/mol. The van der Waals surface area contributed by atoms with E-state index in [4.69, 9.17) is 14.6 Å². The Labute approximate surface area is 204 Å². The van der Waals surface area contributed by atoms with Crippen LogP contribution in [0.4, 0.5) is 4.79 Å². The zero-order valence-corrected chi connectivity index (χ0v) is 19.6. The lowest BCUT2D eigenvalue weighted by Crippen LogP contribution is -2.61. The number of benzene rings is 2. The van der Waals surface area contributed by atoms with Crippen molar-refractivity contribution in [3.8, 4) is 11.1 Å². The number of carboxylic acid groups (broad SMARTS) is 1. The number of amides is 2. The Morgan fingerprint density at radius 2 is 1.66 bits per heavy atom. The van der Waals surface area contributed by atoms with Gasteiger partial charge in [0.05, 0.1) is 6.61 Å². The summed E-state index contributed by atoms with van der Waals surface area (Å²) in [4.78, 5) is 39.1. The van der Waals surface area contributed by atoms with E-state index in [1.165, 1.54) is 0 Å². The molecule has 2 fully saturated rings. The number of carbonyl (C=O) groups excluding carboxylic acids is 2. The Balaban J connectivity index is 1.23. The molecule has 1 atom stereocenters. The molecule has 0 bridgehead atoms. The molecule has 2 aliphatic heterocycles. The fourth-order valence-electron chi connectivity index (χ4n) is 5.61. The number of nitrogens with one attached hydrogen (secondary N) is 1. The van der Waals surface area contributed by atoms with Crippen LogP contribution in [0.2, 0.25) is 0 Å². The summed E-state index contributed by atoms with van der Waals surface area (Å²) in [5, 5.41) is 11.9. The number of alkyl carbamates (subject to hydrolysis) is 1. The molecule has 2 aromatic rings. The number of nitrogens with zero attached hydrogens (tertiary/aromatic N) is 1. The first-order valence-electron chi connectivity index (χ1n) is 12.2. The molecule has 0 radical (unpaired) electrons. The van der Waals surface area contributed by atoms with E-state index in [0.717, 1.165) is 22.3 Å². The van der Waals surface area contributed by atoms with Crippen molar-refractivity contribution in [3.05, 3.63) is 59.7 Å². The Kier molecular flexibility index (Phi) is 6.47. The van der Waals surface area contributed by atoms with E-state index in [1.54, 1.807) is 4.90 Å². The van der Waals surface area contributed by atoms with Crippen LogP contribution < -0.4 is 5.32 Å². The highest BCUT2D eigenvalue weighted by Crippen LogP contribution is 2.44. The van der Waals surface area contributed by atoms with Crippen LogP contribution >= 0.6 is 0 Å². The molecule has 2 amide bonds. The van der Waals surface area contributed by atoms with Gasteiger partial charge in [-0.15, -0.1) is 0 Å². The predicted molar refractivity (Wildman–Crippen MR) is 128 cm³/mol. The first kappa shape index (κ1) is 23.4. The molecule has 2 heterocycles. The topological polar surface area (TPSA) is 105 Å². The molecule has 2 aromatic carbocycles. The summed E-state index contributed by atoms with van der Waals surface area (Å²) in [7, 11) is 0. The second-order valence-corrected chi connectivity index (χ2v) is 9.67. The van der Waals surface area contributed by atoms with Crippen molar-refractivity contribution in [1.29, 1.82) is 0 Å². The first-order chi connectivity index (χ1) is 17.0. The number of hydrogen-bond acceptors (Lipinski definition) is 5. The molecular formula is C27H30N2O6. The van der Waals surface area contributed by atoms with Crippen molar-refractivity contribution in [1.82, 2.24) is 10.2 Å². The van der Waals surface area contributed by atoms with E-state index in [-0.39, 0.29) is 37.4 Å². The second-order valence-electron chi connectivity index (χ2n) is 9.67. The zero-order chi connectivity index (χ0) is 24.4. The minimum absolute atomic E-state index is 0.0621. The average molecular weight is 479 g/mol. The quantitative estimate of drug-likeness (QED) is 0.659. The van der Waals surface area contributed by atoms with Crippen molar-refractivity contribution in [2.45, 2.75) is 37.1 Å². The van der Waals surface area contributed by atoms with Gasteiger partial charge in [-0.3, -0.25) is 9.59 Å². The van der Waals surface area contributed by atoms with E-state index >= 15 is 0 Å². The maximum atomic E-state index is 13.4. The highest BCUT2D eigenvalue weighted by Gasteiger charge is 2.47. The number of fused-ring (bicyclic) bond motifs is 3. The molecule has 1 unspecified atom stereocenters. The van der Waals surface area contributed by atoms with Gasteiger partial charge < -0.3 is 24.8 Å². The number of carboxylic acids is 1. The van der Waals surface area contributed by atoms with E-state index in [9.17, 15) is 14.4 Å². The fourth-order valence-corrected chi connectivity index (χ4v) is 5.61. The molecule has 5 rings (SSSR count). The molecule has 35 heavy (non-hydrogen) atoms. The Bertz CT molecular complexity index is 1070. The number of ether oxygens (including phenoxy) is 2. The Morgan fingerprint density at radius 3 is 2.23 bits per heavy atom. The van der Waals surface area contributed by atoms with E-state index in [0.29, 0.717) is 39.0 Å². The number of rotatable bonds is 6. The van der Waals surface area contributed by atoms with Crippen LogP contribution in [0.15, 0.2) is 48.5 Å². The Morgan fingerprint density at radius 1 is 1.03 bits per heavy atom. The number of hydrogen-bond donors (Lipinski definition) is 2. The van der Waals surface area contributed by atoms with Crippen LogP contribution in [0.1, 0.15) is 42.7 Å². The number of piperidine rings is 1. The van der Waals surface area contributed by atoms with E-state index in [2.05, 4.69) is 29.6 Å².